The van der Waals surface area contributed by atoms with Crippen LogP contribution >= 0.6 is 0 Å². The molecule has 0 radical (unpaired) electrons. The van der Waals surface area contributed by atoms with Gasteiger partial charge in [-0.3, -0.25) is 0 Å². The molecular formula is C13H20N2O. The van der Waals surface area contributed by atoms with E-state index in [4.69, 9.17) is 5.73 Å². The van der Waals surface area contributed by atoms with Crippen LogP contribution in [0.5, 0.6) is 0 Å². The predicted molar refractivity (Wildman–Crippen MR) is 65.3 cm³/mol. The second-order valence-corrected chi connectivity index (χ2v) is 4.46. The molecule has 3 nitrogen and oxygen atoms in total. The Bertz CT molecular complexity index is 334. The second kappa shape index (κ2) is 5.43. The van der Waals surface area contributed by atoms with Gasteiger partial charge in [0.2, 0.25) is 0 Å². The van der Waals surface area contributed by atoms with Crippen LogP contribution in [0.1, 0.15) is 36.0 Å². The Hall–Kier alpha value is -0.900. The highest BCUT2D eigenvalue weighted by atomic mass is 16.3. The van der Waals surface area contributed by atoms with Gasteiger partial charge in [-0.25, -0.2) is 0 Å². The van der Waals surface area contributed by atoms with Crippen LogP contribution < -0.4 is 11.1 Å². The molecule has 1 fully saturated rings. The van der Waals surface area contributed by atoms with Gasteiger partial charge < -0.3 is 16.2 Å². The molecule has 2 unspecified atom stereocenters. The van der Waals surface area contributed by atoms with Gasteiger partial charge in [0.05, 0.1) is 6.10 Å². The summed E-state index contributed by atoms with van der Waals surface area (Å²) in [6.45, 7) is 2.45. The summed E-state index contributed by atoms with van der Waals surface area (Å²) in [5.74, 6) is 0.582. The van der Waals surface area contributed by atoms with Crippen molar-refractivity contribution in [3.8, 4) is 0 Å². The van der Waals surface area contributed by atoms with Gasteiger partial charge >= 0.3 is 0 Å². The number of piperidine rings is 1. The number of rotatable bonds is 3. The lowest BCUT2D eigenvalue weighted by molar-refractivity contribution is 0.186. The number of aliphatic hydroxyl groups excluding tert-OH is 1. The van der Waals surface area contributed by atoms with E-state index in [-0.39, 0.29) is 6.54 Å². The monoisotopic (exact) mass is 220 g/mol. The van der Waals surface area contributed by atoms with Crippen molar-refractivity contribution >= 4 is 0 Å². The maximum absolute atomic E-state index is 9.71. The molecule has 0 aliphatic carbocycles. The van der Waals surface area contributed by atoms with Crippen LogP contribution in [-0.2, 0) is 0 Å². The molecule has 0 bridgehead atoms. The molecular weight excluding hydrogens is 200 g/mol. The topological polar surface area (TPSA) is 58.3 Å². The normalized spacial score (nSPS) is 23.0. The van der Waals surface area contributed by atoms with E-state index >= 15 is 0 Å². The van der Waals surface area contributed by atoms with Crippen molar-refractivity contribution in [1.29, 1.82) is 0 Å². The molecule has 1 aliphatic rings. The Morgan fingerprint density at radius 1 is 1.50 bits per heavy atom. The van der Waals surface area contributed by atoms with Crippen LogP contribution in [0.25, 0.3) is 0 Å². The van der Waals surface area contributed by atoms with Gasteiger partial charge in [-0.05, 0) is 36.4 Å². The average Bonchev–Trinajstić information content (AvgIpc) is 2.39. The Kier molecular flexibility index (Phi) is 3.93. The molecule has 16 heavy (non-hydrogen) atoms. The molecule has 88 valence electrons. The molecule has 1 heterocycles. The highest BCUT2D eigenvalue weighted by molar-refractivity contribution is 5.28. The number of benzene rings is 1. The molecule has 0 saturated carbocycles. The standard InChI is InChI=1S/C13H20N2O/c14-8-13(16)11-4-1-3-10(7-11)12-5-2-6-15-9-12/h1,3-4,7,12-13,15-16H,2,5-6,8-9,14H2. The van der Waals surface area contributed by atoms with Gasteiger partial charge in [-0.1, -0.05) is 24.3 Å². The van der Waals surface area contributed by atoms with E-state index in [1.165, 1.54) is 18.4 Å². The molecule has 2 atom stereocenters. The van der Waals surface area contributed by atoms with Gasteiger partial charge in [0, 0.05) is 13.1 Å². The lowest BCUT2D eigenvalue weighted by atomic mass is 9.90. The first-order valence-electron chi connectivity index (χ1n) is 6.00. The molecule has 4 N–H and O–H groups in total. The smallest absolute Gasteiger partial charge is 0.0912 e. The molecule has 1 aliphatic heterocycles. The van der Waals surface area contributed by atoms with Crippen LogP contribution in [0.2, 0.25) is 0 Å². The van der Waals surface area contributed by atoms with Crippen LogP contribution in [-0.4, -0.2) is 24.7 Å². The van der Waals surface area contributed by atoms with Crippen LogP contribution in [0.3, 0.4) is 0 Å². The average molecular weight is 220 g/mol. The van der Waals surface area contributed by atoms with E-state index in [0.29, 0.717) is 5.92 Å². The molecule has 0 spiro atoms. The van der Waals surface area contributed by atoms with Crippen LogP contribution in [0, 0.1) is 0 Å². The SMILES string of the molecule is NCC(O)c1cccc(C2CCCNC2)c1. The van der Waals surface area contributed by atoms with Gasteiger partial charge in [0.25, 0.3) is 0 Å². The zero-order chi connectivity index (χ0) is 11.4. The van der Waals surface area contributed by atoms with E-state index in [9.17, 15) is 5.11 Å². The molecule has 0 aromatic heterocycles. The number of hydrogen-bond donors (Lipinski definition) is 3. The summed E-state index contributed by atoms with van der Waals surface area (Å²) < 4.78 is 0. The lowest BCUT2D eigenvalue weighted by Gasteiger charge is -2.24. The maximum atomic E-state index is 9.71. The van der Waals surface area contributed by atoms with Gasteiger partial charge in [0.1, 0.15) is 0 Å². The summed E-state index contributed by atoms with van der Waals surface area (Å²) in [5, 5.41) is 13.1. The van der Waals surface area contributed by atoms with Crippen molar-refractivity contribution < 1.29 is 5.11 Å². The summed E-state index contributed by atoms with van der Waals surface area (Å²) >= 11 is 0. The van der Waals surface area contributed by atoms with Crippen molar-refractivity contribution in [3.63, 3.8) is 0 Å². The van der Waals surface area contributed by atoms with Crippen LogP contribution in [0.15, 0.2) is 24.3 Å². The zero-order valence-corrected chi connectivity index (χ0v) is 9.52. The first kappa shape index (κ1) is 11.6. The van der Waals surface area contributed by atoms with Crippen molar-refractivity contribution in [2.24, 2.45) is 5.73 Å². The Morgan fingerprint density at radius 2 is 2.38 bits per heavy atom. The van der Waals surface area contributed by atoms with Crippen molar-refractivity contribution in [1.82, 2.24) is 5.32 Å². The Morgan fingerprint density at radius 3 is 3.06 bits per heavy atom. The van der Waals surface area contributed by atoms with Crippen LogP contribution in [0.4, 0.5) is 0 Å². The summed E-state index contributed by atoms with van der Waals surface area (Å²) in [4.78, 5) is 0. The summed E-state index contributed by atoms with van der Waals surface area (Å²) in [6.07, 6.45) is 1.93. The van der Waals surface area contributed by atoms with Crippen molar-refractivity contribution in [2.45, 2.75) is 24.9 Å². The minimum atomic E-state index is -0.531. The number of nitrogens with one attached hydrogen (secondary N) is 1. The zero-order valence-electron chi connectivity index (χ0n) is 9.52. The van der Waals surface area contributed by atoms with E-state index in [0.717, 1.165) is 18.7 Å². The molecule has 0 amide bonds. The largest absolute Gasteiger partial charge is 0.387 e. The number of hydrogen-bond acceptors (Lipinski definition) is 3. The third-order valence-electron chi connectivity index (χ3n) is 3.29. The fourth-order valence-electron chi connectivity index (χ4n) is 2.29. The molecule has 1 saturated heterocycles. The number of aliphatic hydroxyl groups is 1. The minimum absolute atomic E-state index is 0.284. The number of nitrogens with two attached hydrogens (primary N) is 1. The fourth-order valence-corrected chi connectivity index (χ4v) is 2.29. The summed E-state index contributed by atoms with van der Waals surface area (Å²) in [7, 11) is 0. The van der Waals surface area contributed by atoms with Gasteiger partial charge in [0.15, 0.2) is 0 Å². The van der Waals surface area contributed by atoms with Crippen molar-refractivity contribution in [3.05, 3.63) is 35.4 Å². The summed E-state index contributed by atoms with van der Waals surface area (Å²) in [5.41, 5.74) is 7.72. The third-order valence-corrected chi connectivity index (χ3v) is 3.29. The van der Waals surface area contributed by atoms with Crippen molar-refractivity contribution in [2.75, 3.05) is 19.6 Å². The first-order chi connectivity index (χ1) is 7.81. The highest BCUT2D eigenvalue weighted by Crippen LogP contribution is 2.25. The molecule has 2 rings (SSSR count). The molecule has 1 aromatic carbocycles. The lowest BCUT2D eigenvalue weighted by Crippen LogP contribution is -2.28. The fraction of sp³-hybridized carbons (Fsp3) is 0.538. The third kappa shape index (κ3) is 2.61. The minimum Gasteiger partial charge on any atom is -0.387 e. The highest BCUT2D eigenvalue weighted by Gasteiger charge is 2.16. The van der Waals surface area contributed by atoms with Gasteiger partial charge in [-0.2, -0.15) is 0 Å². The van der Waals surface area contributed by atoms with E-state index < -0.39 is 6.10 Å². The Balaban J connectivity index is 2.14. The molecule has 1 aromatic rings. The van der Waals surface area contributed by atoms with E-state index in [1.54, 1.807) is 0 Å². The molecule has 3 heteroatoms. The first-order valence-corrected chi connectivity index (χ1v) is 6.00. The second-order valence-electron chi connectivity index (χ2n) is 4.46. The summed E-state index contributed by atoms with van der Waals surface area (Å²) in [6, 6.07) is 8.19. The van der Waals surface area contributed by atoms with E-state index in [1.807, 2.05) is 12.1 Å². The predicted octanol–water partition coefficient (Wildman–Crippen LogP) is 1.15. The van der Waals surface area contributed by atoms with E-state index in [2.05, 4.69) is 17.4 Å². The maximum Gasteiger partial charge on any atom is 0.0912 e. The quantitative estimate of drug-likeness (QED) is 0.716. The Labute approximate surface area is 96.7 Å². The van der Waals surface area contributed by atoms with Gasteiger partial charge in [-0.15, -0.1) is 0 Å².